The molecule has 1 saturated heterocycles. The number of fused-ring (bicyclic) bond motifs is 7. The second-order valence-corrected chi connectivity index (χ2v) is 4.95. The van der Waals surface area contributed by atoms with Crippen molar-refractivity contribution in [1.29, 1.82) is 0 Å². The van der Waals surface area contributed by atoms with Crippen molar-refractivity contribution >= 4 is 0 Å². The van der Waals surface area contributed by atoms with Gasteiger partial charge < -0.3 is 4.74 Å². The number of ether oxygens (including phenoxy) is 1. The highest BCUT2D eigenvalue weighted by Gasteiger charge is 2.54. The summed E-state index contributed by atoms with van der Waals surface area (Å²) in [6.07, 6.45) is 14.5. The maximum Gasteiger partial charge on any atom is 0.109 e. The van der Waals surface area contributed by atoms with E-state index in [1.165, 1.54) is 18.6 Å². The van der Waals surface area contributed by atoms with Gasteiger partial charge >= 0.3 is 0 Å². The maximum absolute atomic E-state index is 6.08. The first-order valence-electron chi connectivity index (χ1n) is 5.65. The number of hydrogen-bond acceptors (Lipinski definition) is 1. The number of allylic oxidation sites excluding steroid dienone is 5. The van der Waals surface area contributed by atoms with Gasteiger partial charge in [-0.15, -0.1) is 0 Å². The Labute approximate surface area is 84.1 Å². The van der Waals surface area contributed by atoms with Gasteiger partial charge in [-0.3, -0.25) is 0 Å². The monoisotopic (exact) mass is 186 g/mol. The summed E-state index contributed by atoms with van der Waals surface area (Å²) in [6.45, 7) is 0. The lowest BCUT2D eigenvalue weighted by atomic mass is 9.79. The molecule has 5 unspecified atom stereocenters. The Bertz CT molecular complexity index is 363. The first kappa shape index (κ1) is 7.33. The van der Waals surface area contributed by atoms with Gasteiger partial charge in [0.1, 0.15) is 11.9 Å². The highest BCUT2D eigenvalue weighted by atomic mass is 16.5. The van der Waals surface area contributed by atoms with Gasteiger partial charge in [0.2, 0.25) is 0 Å². The molecule has 0 amide bonds. The molecule has 14 heavy (non-hydrogen) atoms. The van der Waals surface area contributed by atoms with Crippen LogP contribution in [0.5, 0.6) is 0 Å². The van der Waals surface area contributed by atoms with E-state index in [0.717, 1.165) is 17.8 Å². The van der Waals surface area contributed by atoms with Crippen molar-refractivity contribution < 1.29 is 4.74 Å². The van der Waals surface area contributed by atoms with Crippen LogP contribution >= 0.6 is 0 Å². The fourth-order valence-corrected chi connectivity index (χ4v) is 3.77. The first-order chi connectivity index (χ1) is 6.93. The lowest BCUT2D eigenvalue weighted by molar-refractivity contribution is 0.116. The van der Waals surface area contributed by atoms with E-state index in [4.69, 9.17) is 4.74 Å². The third-order valence-corrected chi connectivity index (χ3v) is 4.33. The highest BCUT2D eigenvalue weighted by molar-refractivity contribution is 5.28. The highest BCUT2D eigenvalue weighted by Crippen LogP contribution is 2.56. The van der Waals surface area contributed by atoms with Gasteiger partial charge in [-0.2, -0.15) is 0 Å². The fourth-order valence-electron chi connectivity index (χ4n) is 3.77. The molecule has 0 spiro atoms. The standard InChI is InChI=1S/C13H14O/c1-2-4-11-10(3-1)12-8-5-6-9(7-8)13(12)14-11/h1-2,4-6,8-10,12-13H,3,7H2. The van der Waals surface area contributed by atoms with Crippen LogP contribution in [0.15, 0.2) is 36.1 Å². The number of hydrogen-bond donors (Lipinski definition) is 0. The van der Waals surface area contributed by atoms with Crippen LogP contribution in [-0.2, 0) is 4.74 Å². The fraction of sp³-hybridized carbons (Fsp3) is 0.538. The molecule has 1 heterocycles. The summed E-state index contributed by atoms with van der Waals surface area (Å²) in [4.78, 5) is 0. The molecule has 0 aromatic rings. The quantitative estimate of drug-likeness (QED) is 0.528. The van der Waals surface area contributed by atoms with Crippen molar-refractivity contribution in [2.75, 3.05) is 0 Å². The van der Waals surface area contributed by atoms with Gasteiger partial charge in [0.25, 0.3) is 0 Å². The third-order valence-electron chi connectivity index (χ3n) is 4.33. The average Bonchev–Trinajstić information content (AvgIpc) is 2.88. The van der Waals surface area contributed by atoms with E-state index in [2.05, 4.69) is 30.4 Å². The molecular formula is C13H14O. The normalized spacial score (nSPS) is 51.4. The van der Waals surface area contributed by atoms with Gasteiger partial charge in [-0.05, 0) is 24.8 Å². The van der Waals surface area contributed by atoms with Crippen molar-refractivity contribution in [3.8, 4) is 0 Å². The predicted octanol–water partition coefficient (Wildman–Crippen LogP) is 2.67. The van der Waals surface area contributed by atoms with Crippen LogP contribution in [0.1, 0.15) is 12.8 Å². The van der Waals surface area contributed by atoms with Gasteiger partial charge in [-0.25, -0.2) is 0 Å². The molecule has 1 nitrogen and oxygen atoms in total. The predicted molar refractivity (Wildman–Crippen MR) is 54.4 cm³/mol. The van der Waals surface area contributed by atoms with Crippen LogP contribution in [0, 0.1) is 23.7 Å². The largest absolute Gasteiger partial charge is 0.494 e. The van der Waals surface area contributed by atoms with Gasteiger partial charge in [0, 0.05) is 17.8 Å². The molecule has 4 aliphatic rings. The van der Waals surface area contributed by atoms with Crippen LogP contribution < -0.4 is 0 Å². The van der Waals surface area contributed by atoms with Crippen LogP contribution in [0.3, 0.4) is 0 Å². The molecule has 4 rings (SSSR count). The lowest BCUT2D eigenvalue weighted by Gasteiger charge is -2.22. The Morgan fingerprint density at radius 1 is 1.21 bits per heavy atom. The smallest absolute Gasteiger partial charge is 0.109 e. The van der Waals surface area contributed by atoms with Crippen molar-refractivity contribution in [3.63, 3.8) is 0 Å². The summed E-state index contributed by atoms with van der Waals surface area (Å²) < 4.78 is 6.08. The number of rotatable bonds is 0. The van der Waals surface area contributed by atoms with E-state index in [9.17, 15) is 0 Å². The average molecular weight is 186 g/mol. The molecule has 2 fully saturated rings. The molecule has 2 bridgehead atoms. The molecule has 0 aromatic heterocycles. The molecule has 1 heteroatoms. The first-order valence-corrected chi connectivity index (χ1v) is 5.65. The molecular weight excluding hydrogens is 172 g/mol. The summed E-state index contributed by atoms with van der Waals surface area (Å²) in [5.74, 6) is 4.29. The summed E-state index contributed by atoms with van der Waals surface area (Å²) in [6, 6.07) is 0. The van der Waals surface area contributed by atoms with Crippen molar-refractivity contribution in [2.24, 2.45) is 23.7 Å². The van der Waals surface area contributed by atoms with Crippen molar-refractivity contribution in [2.45, 2.75) is 18.9 Å². The maximum atomic E-state index is 6.08. The van der Waals surface area contributed by atoms with Crippen LogP contribution in [0.25, 0.3) is 0 Å². The minimum Gasteiger partial charge on any atom is -0.494 e. The molecule has 3 aliphatic carbocycles. The molecule has 5 atom stereocenters. The summed E-state index contributed by atoms with van der Waals surface area (Å²) in [5, 5.41) is 0. The zero-order valence-electron chi connectivity index (χ0n) is 8.10. The molecule has 1 aliphatic heterocycles. The zero-order valence-corrected chi connectivity index (χ0v) is 8.10. The second-order valence-electron chi connectivity index (χ2n) is 4.95. The van der Waals surface area contributed by atoms with E-state index in [1.807, 2.05) is 0 Å². The molecule has 0 aromatic carbocycles. The minimum atomic E-state index is 0.515. The Morgan fingerprint density at radius 2 is 2.14 bits per heavy atom. The second kappa shape index (κ2) is 2.33. The Hall–Kier alpha value is -0.980. The van der Waals surface area contributed by atoms with Gasteiger partial charge in [-0.1, -0.05) is 24.3 Å². The van der Waals surface area contributed by atoms with E-state index in [1.54, 1.807) is 0 Å². The summed E-state index contributed by atoms with van der Waals surface area (Å²) >= 11 is 0. The van der Waals surface area contributed by atoms with E-state index >= 15 is 0 Å². The van der Waals surface area contributed by atoms with E-state index < -0.39 is 0 Å². The van der Waals surface area contributed by atoms with Crippen LogP contribution in [-0.4, -0.2) is 6.10 Å². The van der Waals surface area contributed by atoms with Gasteiger partial charge in [0.15, 0.2) is 0 Å². The SMILES string of the molecule is C1=CCC2C(=C1)OC1C3C=CC(C3)C21. The minimum absolute atomic E-state index is 0.515. The lowest BCUT2D eigenvalue weighted by Crippen LogP contribution is -2.24. The molecule has 0 N–H and O–H groups in total. The summed E-state index contributed by atoms with van der Waals surface area (Å²) in [5.41, 5.74) is 0. The zero-order chi connectivity index (χ0) is 9.12. The third kappa shape index (κ3) is 0.727. The topological polar surface area (TPSA) is 9.23 Å². The summed E-state index contributed by atoms with van der Waals surface area (Å²) in [7, 11) is 0. The Kier molecular flexibility index (Phi) is 1.22. The van der Waals surface area contributed by atoms with E-state index in [-0.39, 0.29) is 0 Å². The molecule has 0 radical (unpaired) electrons. The Morgan fingerprint density at radius 3 is 3.14 bits per heavy atom. The van der Waals surface area contributed by atoms with Crippen LogP contribution in [0.2, 0.25) is 0 Å². The van der Waals surface area contributed by atoms with Crippen molar-refractivity contribution in [3.05, 3.63) is 36.1 Å². The molecule has 1 saturated carbocycles. The van der Waals surface area contributed by atoms with Crippen LogP contribution in [0.4, 0.5) is 0 Å². The van der Waals surface area contributed by atoms with Gasteiger partial charge in [0.05, 0.1) is 0 Å². The van der Waals surface area contributed by atoms with E-state index in [0.29, 0.717) is 12.0 Å². The molecule has 72 valence electrons. The Balaban J connectivity index is 1.77. The van der Waals surface area contributed by atoms with Crippen molar-refractivity contribution in [1.82, 2.24) is 0 Å².